The average molecular weight is 424 g/mol. The molecule has 172 valence electrons. The fourth-order valence-electron chi connectivity index (χ4n) is 3.43. The molecule has 1 aliphatic heterocycles. The lowest BCUT2D eigenvalue weighted by atomic mass is 9.94. The van der Waals surface area contributed by atoms with E-state index in [0.717, 1.165) is 32.4 Å². The van der Waals surface area contributed by atoms with Gasteiger partial charge in [-0.1, -0.05) is 41.5 Å². The van der Waals surface area contributed by atoms with E-state index >= 15 is 0 Å². The minimum atomic E-state index is -0.244. The molecule has 0 saturated carbocycles. The van der Waals surface area contributed by atoms with Crippen molar-refractivity contribution in [1.29, 1.82) is 0 Å². The van der Waals surface area contributed by atoms with E-state index < -0.39 is 0 Å². The number of likely N-dealkylation sites (N-methyl/N-ethyl adjacent to an activating group) is 3. The summed E-state index contributed by atoms with van der Waals surface area (Å²) in [5.74, 6) is 0. The van der Waals surface area contributed by atoms with Crippen molar-refractivity contribution in [1.82, 2.24) is 15.1 Å². The Morgan fingerprint density at radius 1 is 1.25 bits per heavy atom. The van der Waals surface area contributed by atoms with Crippen molar-refractivity contribution < 1.29 is 14.6 Å². The molecule has 1 rings (SSSR count). The maximum atomic E-state index is 12.1. The van der Waals surface area contributed by atoms with Crippen LogP contribution in [0.1, 0.15) is 67.7 Å². The molecule has 0 aromatic carbocycles. The molecule has 0 aromatic heterocycles. The zero-order valence-electron chi connectivity index (χ0n) is 20.0. The highest BCUT2D eigenvalue weighted by Gasteiger charge is 2.44. The third-order valence-electron chi connectivity index (χ3n) is 4.96. The van der Waals surface area contributed by atoms with Gasteiger partial charge in [-0.25, -0.2) is 4.79 Å². The van der Waals surface area contributed by atoms with Crippen LogP contribution in [0.3, 0.4) is 0 Å². The van der Waals surface area contributed by atoms with Crippen molar-refractivity contribution in [2.75, 3.05) is 52.7 Å². The number of nitrogens with zero attached hydrogens (tertiary/aromatic N) is 2. The van der Waals surface area contributed by atoms with Gasteiger partial charge in [0, 0.05) is 31.2 Å². The van der Waals surface area contributed by atoms with Crippen molar-refractivity contribution in [2.24, 2.45) is 0 Å². The van der Waals surface area contributed by atoms with Gasteiger partial charge in [0.1, 0.15) is 6.61 Å². The highest BCUT2D eigenvalue weighted by molar-refractivity contribution is 7.79. The summed E-state index contributed by atoms with van der Waals surface area (Å²) in [6.07, 6.45) is 4.31. The molecule has 1 amide bonds. The van der Waals surface area contributed by atoms with Crippen LogP contribution in [0, 0.1) is 0 Å². The number of amides is 1. The van der Waals surface area contributed by atoms with E-state index in [0.29, 0.717) is 19.7 Å². The number of hydrogen-bond acceptors (Lipinski definition) is 6. The van der Waals surface area contributed by atoms with Gasteiger partial charge in [0.15, 0.2) is 0 Å². The highest BCUT2D eigenvalue weighted by Crippen LogP contribution is 2.36. The summed E-state index contributed by atoms with van der Waals surface area (Å²) in [7, 11) is 1.87. The minimum Gasteiger partial charge on any atom is -0.448 e. The Morgan fingerprint density at radius 2 is 1.82 bits per heavy atom. The third-order valence-corrected chi connectivity index (χ3v) is 4.96. The second-order valence-corrected chi connectivity index (χ2v) is 5.97. The predicted octanol–water partition coefficient (Wildman–Crippen LogP) is 3.89. The fraction of sp³-hybridized carbons (Fsp3) is 0.952. The quantitative estimate of drug-likeness (QED) is 0.491. The second-order valence-electron chi connectivity index (χ2n) is 5.97. The first-order valence-corrected chi connectivity index (χ1v) is 11.9. The third kappa shape index (κ3) is 10.3. The normalized spacial score (nSPS) is 20.6. The number of aliphatic hydroxyl groups is 1. The van der Waals surface area contributed by atoms with Crippen LogP contribution in [-0.2, 0) is 4.74 Å². The number of nitrogens with one attached hydrogen (secondary N) is 1. The summed E-state index contributed by atoms with van der Waals surface area (Å²) < 4.78 is 5.53. The first-order valence-electron chi connectivity index (χ1n) is 11.0. The number of thiol groups is 1. The van der Waals surface area contributed by atoms with Gasteiger partial charge in [-0.3, -0.25) is 4.90 Å². The van der Waals surface area contributed by atoms with E-state index in [1.165, 1.54) is 0 Å². The van der Waals surface area contributed by atoms with E-state index in [9.17, 15) is 9.90 Å². The molecule has 0 aromatic rings. The highest BCUT2D eigenvalue weighted by atomic mass is 32.1. The van der Waals surface area contributed by atoms with E-state index in [-0.39, 0.29) is 24.3 Å². The largest absolute Gasteiger partial charge is 0.448 e. The molecule has 0 spiro atoms. The molecular weight excluding hydrogens is 374 g/mol. The fourth-order valence-corrected chi connectivity index (χ4v) is 3.43. The lowest BCUT2D eigenvalue weighted by Gasteiger charge is -2.38. The molecule has 28 heavy (non-hydrogen) atoms. The Kier molecular flexibility index (Phi) is 24.4. The van der Waals surface area contributed by atoms with Crippen molar-refractivity contribution >= 4 is 18.7 Å². The molecule has 2 N–H and O–H groups in total. The van der Waals surface area contributed by atoms with Gasteiger partial charge < -0.3 is 20.1 Å². The van der Waals surface area contributed by atoms with E-state index in [1.54, 1.807) is 11.2 Å². The number of carbonyl (C=O) groups excluding carboxylic acids is 1. The van der Waals surface area contributed by atoms with Gasteiger partial charge in [-0.05, 0) is 46.0 Å². The van der Waals surface area contributed by atoms with Crippen molar-refractivity contribution in [3.8, 4) is 0 Å². The SMILES string of the molecule is CC.CC.CCN(CCNC)C(=O)OC[C@@H]1CC[C@@](CC)(CO)N1CC.CS. The van der Waals surface area contributed by atoms with Crippen molar-refractivity contribution in [3.05, 3.63) is 0 Å². The molecule has 1 saturated heterocycles. The molecule has 1 heterocycles. The van der Waals surface area contributed by atoms with E-state index in [1.807, 2.05) is 41.7 Å². The van der Waals surface area contributed by atoms with Crippen LogP contribution in [-0.4, -0.2) is 85.3 Å². The zero-order valence-corrected chi connectivity index (χ0v) is 20.9. The number of hydrogen-bond donors (Lipinski definition) is 3. The van der Waals surface area contributed by atoms with Gasteiger partial charge in [-0.15, -0.1) is 0 Å². The second kappa shape index (κ2) is 21.2. The molecule has 6 nitrogen and oxygen atoms in total. The average Bonchev–Trinajstić information content (AvgIpc) is 3.15. The topological polar surface area (TPSA) is 65.0 Å². The molecule has 1 aliphatic rings. The number of aliphatic hydroxyl groups excluding tert-OH is 1. The van der Waals surface area contributed by atoms with Crippen molar-refractivity contribution in [3.63, 3.8) is 0 Å². The van der Waals surface area contributed by atoms with Crippen LogP contribution >= 0.6 is 12.6 Å². The van der Waals surface area contributed by atoms with Crippen LogP contribution in [0.5, 0.6) is 0 Å². The number of carbonyl (C=O) groups is 1. The smallest absolute Gasteiger partial charge is 0.409 e. The summed E-state index contributed by atoms with van der Waals surface area (Å²) in [4.78, 5) is 16.2. The first-order chi connectivity index (χ1) is 13.6. The number of ether oxygens (including phenoxy) is 1. The lowest BCUT2D eigenvalue weighted by Crippen LogP contribution is -2.51. The van der Waals surface area contributed by atoms with Crippen LogP contribution in [0.15, 0.2) is 0 Å². The van der Waals surface area contributed by atoms with Crippen LogP contribution < -0.4 is 5.32 Å². The first kappa shape index (κ1) is 32.2. The standard InChI is InChI=1S/C16H33N3O3.2C2H6.CH4S/c1-5-16(13-20)9-8-14(19(16)7-3)12-22-15(21)18(6-2)11-10-17-4;3*1-2/h14,17,20H,5-13H2,1-4H3;2*1-2H3;2H,1H3/t14-,16-;;;/m0.../s1. The molecule has 2 atom stereocenters. The Morgan fingerprint density at radius 3 is 2.21 bits per heavy atom. The van der Waals surface area contributed by atoms with Crippen LogP contribution in [0.25, 0.3) is 0 Å². The number of likely N-dealkylation sites (tertiary alicyclic amines) is 1. The van der Waals surface area contributed by atoms with Gasteiger partial charge in [0.25, 0.3) is 0 Å². The summed E-state index contributed by atoms with van der Waals surface area (Å²) in [6, 6.07) is 0.212. The lowest BCUT2D eigenvalue weighted by molar-refractivity contribution is 0.0168. The summed E-state index contributed by atoms with van der Waals surface area (Å²) in [5, 5.41) is 12.8. The zero-order chi connectivity index (χ0) is 22.6. The molecule has 1 fully saturated rings. The van der Waals surface area contributed by atoms with Crippen LogP contribution in [0.4, 0.5) is 4.79 Å². The van der Waals surface area contributed by atoms with E-state index in [4.69, 9.17) is 4.74 Å². The summed E-state index contributed by atoms with van der Waals surface area (Å²) in [5.41, 5.74) is -0.137. The Hall–Kier alpha value is -0.500. The monoisotopic (exact) mass is 423 g/mol. The Bertz CT molecular complexity index is 343. The van der Waals surface area contributed by atoms with E-state index in [2.05, 4.69) is 36.7 Å². The summed E-state index contributed by atoms with van der Waals surface area (Å²) >= 11 is 3.53. The molecule has 0 unspecified atom stereocenters. The van der Waals surface area contributed by atoms with Crippen molar-refractivity contribution in [2.45, 2.75) is 79.3 Å². The molecule has 0 aliphatic carbocycles. The van der Waals surface area contributed by atoms with Gasteiger partial charge in [0.2, 0.25) is 0 Å². The molecule has 0 radical (unpaired) electrons. The molecule has 0 bridgehead atoms. The number of rotatable bonds is 9. The summed E-state index contributed by atoms with van der Waals surface area (Å²) in [6.45, 7) is 17.7. The Balaban J connectivity index is -0.000000946. The maximum absolute atomic E-state index is 12.1. The molecular formula is C21H49N3O3S. The van der Waals surface area contributed by atoms with Gasteiger partial charge in [-0.2, -0.15) is 12.6 Å². The van der Waals surface area contributed by atoms with Gasteiger partial charge >= 0.3 is 6.09 Å². The van der Waals surface area contributed by atoms with Crippen LogP contribution in [0.2, 0.25) is 0 Å². The molecule has 7 heteroatoms. The minimum absolute atomic E-state index is 0.137. The maximum Gasteiger partial charge on any atom is 0.409 e. The van der Waals surface area contributed by atoms with Gasteiger partial charge in [0.05, 0.1) is 6.61 Å². The Labute approximate surface area is 180 Å². The predicted molar refractivity (Wildman–Crippen MR) is 126 cm³/mol.